The van der Waals surface area contributed by atoms with E-state index in [4.69, 9.17) is 4.74 Å². The molecule has 0 aliphatic heterocycles. The first-order valence-corrected chi connectivity index (χ1v) is 6.13. The van der Waals surface area contributed by atoms with Gasteiger partial charge in [0.2, 0.25) is 0 Å². The zero-order valence-electron chi connectivity index (χ0n) is 10.5. The summed E-state index contributed by atoms with van der Waals surface area (Å²) in [5.41, 5.74) is 1.31. The molecule has 3 rings (SSSR count). The van der Waals surface area contributed by atoms with Gasteiger partial charge in [-0.05, 0) is 29.8 Å². The molecule has 0 unspecified atom stereocenters. The van der Waals surface area contributed by atoms with Crippen molar-refractivity contribution >= 4 is 10.9 Å². The number of hydrogen-bond acceptors (Lipinski definition) is 2. The van der Waals surface area contributed by atoms with Gasteiger partial charge < -0.3 is 4.74 Å². The summed E-state index contributed by atoms with van der Waals surface area (Å²) < 4.78 is 31.6. The standard InChI is InChI=1S/C16H11F2NO/c17-13-5-11(6-14(18)8-13)10-20-15-7-12-3-1-2-4-16(12)19-9-15/h1-9H,10H2. The fourth-order valence-corrected chi connectivity index (χ4v) is 1.99. The van der Waals surface area contributed by atoms with Crippen LogP contribution >= 0.6 is 0 Å². The molecular formula is C16H11F2NO. The van der Waals surface area contributed by atoms with Crippen molar-refractivity contribution in [3.8, 4) is 5.75 Å². The third-order valence-electron chi connectivity index (χ3n) is 2.89. The number of halogens is 2. The van der Waals surface area contributed by atoms with Gasteiger partial charge in [0, 0.05) is 11.5 Å². The zero-order valence-corrected chi connectivity index (χ0v) is 10.5. The molecule has 100 valence electrons. The minimum Gasteiger partial charge on any atom is -0.487 e. The molecule has 0 aliphatic carbocycles. The maximum Gasteiger partial charge on any atom is 0.138 e. The Morgan fingerprint density at radius 3 is 2.50 bits per heavy atom. The second kappa shape index (κ2) is 5.25. The molecule has 0 aliphatic rings. The molecule has 0 N–H and O–H groups in total. The predicted octanol–water partition coefficient (Wildman–Crippen LogP) is 4.09. The van der Waals surface area contributed by atoms with Gasteiger partial charge >= 0.3 is 0 Å². The van der Waals surface area contributed by atoms with Crippen LogP contribution in [0.25, 0.3) is 10.9 Å². The van der Waals surface area contributed by atoms with E-state index >= 15 is 0 Å². The molecule has 2 nitrogen and oxygen atoms in total. The normalized spacial score (nSPS) is 10.7. The van der Waals surface area contributed by atoms with Crippen LogP contribution < -0.4 is 4.74 Å². The fraction of sp³-hybridized carbons (Fsp3) is 0.0625. The van der Waals surface area contributed by atoms with Crippen LogP contribution in [0.2, 0.25) is 0 Å². The Hall–Kier alpha value is -2.49. The predicted molar refractivity (Wildman–Crippen MR) is 72.4 cm³/mol. The van der Waals surface area contributed by atoms with Crippen molar-refractivity contribution in [3.05, 3.63) is 71.9 Å². The number of para-hydroxylation sites is 1. The summed E-state index contributed by atoms with van der Waals surface area (Å²) in [6, 6.07) is 12.8. The van der Waals surface area contributed by atoms with E-state index in [2.05, 4.69) is 4.98 Å². The maximum absolute atomic E-state index is 13.1. The molecule has 1 aromatic heterocycles. The quantitative estimate of drug-likeness (QED) is 0.715. The Bertz CT molecular complexity index is 738. The summed E-state index contributed by atoms with van der Waals surface area (Å²) in [5, 5.41) is 0.954. The van der Waals surface area contributed by atoms with Crippen LogP contribution in [0.3, 0.4) is 0 Å². The third kappa shape index (κ3) is 2.74. The maximum atomic E-state index is 13.1. The zero-order chi connectivity index (χ0) is 13.9. The lowest BCUT2D eigenvalue weighted by Gasteiger charge is -2.07. The van der Waals surface area contributed by atoms with Crippen LogP contribution in [-0.4, -0.2) is 4.98 Å². The van der Waals surface area contributed by atoms with Gasteiger partial charge in [0.05, 0.1) is 11.7 Å². The molecular weight excluding hydrogens is 260 g/mol. The van der Waals surface area contributed by atoms with Crippen molar-refractivity contribution in [1.29, 1.82) is 0 Å². The molecule has 0 radical (unpaired) electrons. The van der Waals surface area contributed by atoms with E-state index in [0.717, 1.165) is 17.0 Å². The van der Waals surface area contributed by atoms with Crippen LogP contribution in [-0.2, 0) is 6.61 Å². The van der Waals surface area contributed by atoms with Gasteiger partial charge in [-0.2, -0.15) is 0 Å². The van der Waals surface area contributed by atoms with Gasteiger partial charge in [-0.25, -0.2) is 8.78 Å². The second-order valence-corrected chi connectivity index (χ2v) is 4.43. The molecule has 1 heterocycles. The molecule has 0 saturated heterocycles. The van der Waals surface area contributed by atoms with Crippen LogP contribution in [0.4, 0.5) is 8.78 Å². The highest BCUT2D eigenvalue weighted by atomic mass is 19.1. The first-order valence-electron chi connectivity index (χ1n) is 6.13. The Morgan fingerprint density at radius 1 is 0.950 bits per heavy atom. The van der Waals surface area contributed by atoms with E-state index in [1.54, 1.807) is 6.20 Å². The second-order valence-electron chi connectivity index (χ2n) is 4.43. The highest BCUT2D eigenvalue weighted by Crippen LogP contribution is 2.19. The number of nitrogens with zero attached hydrogens (tertiary/aromatic N) is 1. The monoisotopic (exact) mass is 271 g/mol. The van der Waals surface area contributed by atoms with Crippen LogP contribution in [0.15, 0.2) is 54.7 Å². The number of benzene rings is 2. The summed E-state index contributed by atoms with van der Waals surface area (Å²) in [6.45, 7) is 0.0920. The van der Waals surface area contributed by atoms with Crippen molar-refractivity contribution in [3.63, 3.8) is 0 Å². The van der Waals surface area contributed by atoms with Gasteiger partial charge in [0.25, 0.3) is 0 Å². The number of aromatic nitrogens is 1. The van der Waals surface area contributed by atoms with Gasteiger partial charge in [0.1, 0.15) is 24.0 Å². The number of fused-ring (bicyclic) bond motifs is 1. The van der Waals surface area contributed by atoms with E-state index in [1.165, 1.54) is 12.1 Å². The first-order chi connectivity index (χ1) is 9.70. The summed E-state index contributed by atoms with van der Waals surface area (Å²) in [5.74, 6) is -0.658. The van der Waals surface area contributed by atoms with Gasteiger partial charge in [-0.1, -0.05) is 18.2 Å². The Kier molecular flexibility index (Phi) is 3.29. The lowest BCUT2D eigenvalue weighted by molar-refractivity contribution is 0.304. The molecule has 2 aromatic carbocycles. The third-order valence-corrected chi connectivity index (χ3v) is 2.89. The van der Waals surface area contributed by atoms with Crippen molar-refractivity contribution in [2.75, 3.05) is 0 Å². The van der Waals surface area contributed by atoms with E-state index in [0.29, 0.717) is 11.3 Å². The Morgan fingerprint density at radius 2 is 1.70 bits per heavy atom. The fourth-order valence-electron chi connectivity index (χ4n) is 1.99. The molecule has 0 saturated carbocycles. The van der Waals surface area contributed by atoms with E-state index in [1.807, 2.05) is 30.3 Å². The van der Waals surface area contributed by atoms with Crippen LogP contribution in [0.5, 0.6) is 5.75 Å². The van der Waals surface area contributed by atoms with E-state index < -0.39 is 11.6 Å². The SMILES string of the molecule is Fc1cc(F)cc(COc2cnc3ccccc3c2)c1. The van der Waals surface area contributed by atoms with Crippen LogP contribution in [0.1, 0.15) is 5.56 Å². The van der Waals surface area contributed by atoms with Gasteiger partial charge in [0.15, 0.2) is 0 Å². The molecule has 0 spiro atoms. The summed E-state index contributed by atoms with van der Waals surface area (Å²) in [6.07, 6.45) is 1.60. The molecule has 3 aromatic rings. The highest BCUT2D eigenvalue weighted by Gasteiger charge is 2.03. The van der Waals surface area contributed by atoms with Crippen molar-refractivity contribution < 1.29 is 13.5 Å². The van der Waals surface area contributed by atoms with Gasteiger partial charge in [-0.3, -0.25) is 4.98 Å². The lowest BCUT2D eigenvalue weighted by atomic mass is 10.2. The van der Waals surface area contributed by atoms with Crippen molar-refractivity contribution in [1.82, 2.24) is 4.98 Å². The smallest absolute Gasteiger partial charge is 0.138 e. The summed E-state index contributed by atoms with van der Waals surface area (Å²) >= 11 is 0. The molecule has 4 heteroatoms. The number of ether oxygens (including phenoxy) is 1. The molecule has 20 heavy (non-hydrogen) atoms. The van der Waals surface area contributed by atoms with Crippen molar-refractivity contribution in [2.45, 2.75) is 6.61 Å². The Labute approximate surface area is 114 Å². The summed E-state index contributed by atoms with van der Waals surface area (Å²) in [7, 11) is 0. The van der Waals surface area contributed by atoms with Crippen molar-refractivity contribution in [2.24, 2.45) is 0 Å². The van der Waals surface area contributed by atoms with Crippen LogP contribution in [0, 0.1) is 11.6 Å². The number of rotatable bonds is 3. The average molecular weight is 271 g/mol. The van der Waals surface area contributed by atoms with E-state index in [-0.39, 0.29) is 6.61 Å². The Balaban J connectivity index is 1.79. The molecule has 0 amide bonds. The summed E-state index contributed by atoms with van der Waals surface area (Å²) in [4.78, 5) is 4.26. The topological polar surface area (TPSA) is 22.1 Å². The first kappa shape index (κ1) is 12.5. The molecule has 0 atom stereocenters. The highest BCUT2D eigenvalue weighted by molar-refractivity contribution is 5.79. The van der Waals surface area contributed by atoms with Gasteiger partial charge in [-0.15, -0.1) is 0 Å². The molecule has 0 bridgehead atoms. The molecule has 0 fully saturated rings. The number of pyridine rings is 1. The lowest BCUT2D eigenvalue weighted by Crippen LogP contribution is -1.97. The minimum atomic E-state index is -0.611. The number of hydrogen-bond donors (Lipinski definition) is 0. The average Bonchev–Trinajstić information content (AvgIpc) is 2.44. The minimum absolute atomic E-state index is 0.0920. The van der Waals surface area contributed by atoms with E-state index in [9.17, 15) is 8.78 Å². The largest absolute Gasteiger partial charge is 0.487 e.